The number of nitrogens with zero attached hydrogens (tertiary/aromatic N) is 2. The van der Waals surface area contributed by atoms with E-state index in [0.29, 0.717) is 17.5 Å². The van der Waals surface area contributed by atoms with Crippen molar-refractivity contribution in [3.8, 4) is 11.6 Å². The average Bonchev–Trinajstić information content (AvgIpc) is 3.01. The molecule has 0 spiro atoms. The van der Waals surface area contributed by atoms with Gasteiger partial charge < -0.3 is 14.3 Å². The zero-order valence-electron chi connectivity index (χ0n) is 9.77. The van der Waals surface area contributed by atoms with Crippen LogP contribution in [-0.4, -0.2) is 23.2 Å². The molecule has 5 nitrogen and oxygen atoms in total. The average molecular weight is 233 g/mol. The molecule has 1 fully saturated rings. The van der Waals surface area contributed by atoms with E-state index in [1.807, 2.05) is 12.1 Å². The van der Waals surface area contributed by atoms with Crippen LogP contribution in [-0.2, 0) is 5.41 Å². The first-order valence-electron chi connectivity index (χ1n) is 5.87. The normalized spacial score (nSPS) is 19.4. The van der Waals surface area contributed by atoms with E-state index in [1.54, 1.807) is 6.26 Å². The van der Waals surface area contributed by atoms with Crippen LogP contribution in [0, 0.1) is 0 Å². The van der Waals surface area contributed by atoms with Crippen molar-refractivity contribution in [2.75, 3.05) is 13.1 Å². The lowest BCUT2D eigenvalue weighted by Gasteiger charge is -2.30. The third-order valence-corrected chi connectivity index (χ3v) is 3.39. The monoisotopic (exact) mass is 233 g/mol. The number of piperidine rings is 1. The fourth-order valence-electron chi connectivity index (χ4n) is 2.17. The Morgan fingerprint density at radius 3 is 2.88 bits per heavy atom. The summed E-state index contributed by atoms with van der Waals surface area (Å²) in [7, 11) is 0. The van der Waals surface area contributed by atoms with Crippen molar-refractivity contribution in [3.05, 3.63) is 24.3 Å². The minimum absolute atomic E-state index is 0.0108. The lowest BCUT2D eigenvalue weighted by Crippen LogP contribution is -2.37. The van der Waals surface area contributed by atoms with Crippen molar-refractivity contribution >= 4 is 0 Å². The molecule has 2 aromatic heterocycles. The van der Waals surface area contributed by atoms with Crippen molar-refractivity contribution in [1.29, 1.82) is 0 Å². The number of rotatable bonds is 2. The molecule has 1 N–H and O–H groups in total. The van der Waals surface area contributed by atoms with E-state index < -0.39 is 0 Å². The van der Waals surface area contributed by atoms with Gasteiger partial charge in [-0.1, -0.05) is 12.1 Å². The number of furan rings is 1. The summed E-state index contributed by atoms with van der Waals surface area (Å²) < 4.78 is 10.6. The Kier molecular flexibility index (Phi) is 2.48. The fourth-order valence-corrected chi connectivity index (χ4v) is 2.17. The van der Waals surface area contributed by atoms with Gasteiger partial charge in [-0.3, -0.25) is 0 Å². The fraction of sp³-hybridized carbons (Fsp3) is 0.500. The van der Waals surface area contributed by atoms with Crippen LogP contribution in [0.5, 0.6) is 0 Å². The van der Waals surface area contributed by atoms with E-state index in [4.69, 9.17) is 8.94 Å². The van der Waals surface area contributed by atoms with Gasteiger partial charge in [-0.15, -0.1) is 0 Å². The summed E-state index contributed by atoms with van der Waals surface area (Å²) in [5, 5.41) is 7.31. The van der Waals surface area contributed by atoms with Gasteiger partial charge in [0.2, 0.25) is 11.7 Å². The molecule has 90 valence electrons. The minimum atomic E-state index is -0.0108. The second-order valence-corrected chi connectivity index (χ2v) is 4.71. The maximum Gasteiger partial charge on any atom is 0.238 e. The highest BCUT2D eigenvalue weighted by atomic mass is 16.5. The molecule has 0 unspecified atom stereocenters. The van der Waals surface area contributed by atoms with Crippen molar-refractivity contribution in [3.63, 3.8) is 0 Å². The summed E-state index contributed by atoms with van der Waals surface area (Å²) in [5.41, 5.74) is -0.0108. The highest BCUT2D eigenvalue weighted by Crippen LogP contribution is 2.32. The third-order valence-electron chi connectivity index (χ3n) is 3.39. The third kappa shape index (κ3) is 1.86. The Hall–Kier alpha value is -1.62. The number of hydrogen-bond acceptors (Lipinski definition) is 5. The van der Waals surface area contributed by atoms with Gasteiger partial charge in [0.15, 0.2) is 5.76 Å². The van der Waals surface area contributed by atoms with Gasteiger partial charge in [0.25, 0.3) is 0 Å². The molecule has 0 saturated carbocycles. The highest BCUT2D eigenvalue weighted by molar-refractivity contribution is 5.45. The van der Waals surface area contributed by atoms with Crippen LogP contribution in [0.1, 0.15) is 25.7 Å². The van der Waals surface area contributed by atoms with Crippen molar-refractivity contribution in [1.82, 2.24) is 15.5 Å². The molecule has 0 radical (unpaired) electrons. The zero-order valence-corrected chi connectivity index (χ0v) is 9.77. The van der Waals surface area contributed by atoms with Crippen LogP contribution in [0.25, 0.3) is 11.6 Å². The molecule has 3 rings (SSSR count). The van der Waals surface area contributed by atoms with Gasteiger partial charge in [-0.25, -0.2) is 0 Å². The van der Waals surface area contributed by atoms with Crippen molar-refractivity contribution in [2.45, 2.75) is 25.2 Å². The van der Waals surface area contributed by atoms with Gasteiger partial charge in [0, 0.05) is 5.41 Å². The largest absolute Gasteiger partial charge is 0.461 e. The lowest BCUT2D eigenvalue weighted by molar-refractivity contribution is 0.241. The van der Waals surface area contributed by atoms with Gasteiger partial charge in [-0.05, 0) is 38.1 Å². The standard InChI is InChI=1S/C12H15N3O2/c1-12(4-6-13-7-5-12)11-14-10(15-17-11)9-3-2-8-16-9/h2-3,8,13H,4-7H2,1H3. The quantitative estimate of drug-likeness (QED) is 0.859. The smallest absolute Gasteiger partial charge is 0.238 e. The van der Waals surface area contributed by atoms with E-state index in [-0.39, 0.29) is 5.41 Å². The molecule has 0 atom stereocenters. The Morgan fingerprint density at radius 2 is 2.18 bits per heavy atom. The predicted octanol–water partition coefficient (Wildman–Crippen LogP) is 1.97. The molecule has 0 amide bonds. The first kappa shape index (κ1) is 10.5. The van der Waals surface area contributed by atoms with Crippen LogP contribution >= 0.6 is 0 Å². The second-order valence-electron chi connectivity index (χ2n) is 4.71. The van der Waals surface area contributed by atoms with Crippen LogP contribution in [0.15, 0.2) is 27.3 Å². The Morgan fingerprint density at radius 1 is 1.35 bits per heavy atom. The molecule has 1 aliphatic heterocycles. The molecular weight excluding hydrogens is 218 g/mol. The summed E-state index contributed by atoms with van der Waals surface area (Å²) in [6, 6.07) is 3.65. The van der Waals surface area contributed by atoms with Gasteiger partial charge in [0.1, 0.15) is 0 Å². The van der Waals surface area contributed by atoms with Gasteiger partial charge >= 0.3 is 0 Å². The van der Waals surface area contributed by atoms with Crippen LogP contribution in [0.3, 0.4) is 0 Å². The number of nitrogens with one attached hydrogen (secondary N) is 1. The van der Waals surface area contributed by atoms with E-state index in [2.05, 4.69) is 22.4 Å². The molecule has 0 aromatic carbocycles. The number of aromatic nitrogens is 2. The summed E-state index contributed by atoms with van der Waals surface area (Å²) in [4.78, 5) is 4.45. The van der Waals surface area contributed by atoms with Gasteiger partial charge in [-0.2, -0.15) is 4.98 Å². The van der Waals surface area contributed by atoms with Crippen molar-refractivity contribution in [2.24, 2.45) is 0 Å². The summed E-state index contributed by atoms with van der Waals surface area (Å²) in [6.07, 6.45) is 3.65. The Labute approximate surface area is 99.2 Å². The maximum atomic E-state index is 5.38. The maximum absolute atomic E-state index is 5.38. The molecular formula is C12H15N3O2. The first-order chi connectivity index (χ1) is 8.28. The Balaban J connectivity index is 1.89. The predicted molar refractivity (Wildman–Crippen MR) is 61.5 cm³/mol. The first-order valence-corrected chi connectivity index (χ1v) is 5.87. The van der Waals surface area contributed by atoms with Crippen LogP contribution in [0.2, 0.25) is 0 Å². The lowest BCUT2D eigenvalue weighted by atomic mass is 9.81. The van der Waals surface area contributed by atoms with E-state index >= 15 is 0 Å². The topological polar surface area (TPSA) is 64.1 Å². The molecule has 3 heterocycles. The summed E-state index contributed by atoms with van der Waals surface area (Å²) in [5.74, 6) is 1.90. The molecule has 1 saturated heterocycles. The molecule has 17 heavy (non-hydrogen) atoms. The number of hydrogen-bond donors (Lipinski definition) is 1. The van der Waals surface area contributed by atoms with Crippen LogP contribution < -0.4 is 5.32 Å². The zero-order chi connectivity index (χ0) is 11.7. The van der Waals surface area contributed by atoms with E-state index in [0.717, 1.165) is 25.9 Å². The molecule has 1 aliphatic rings. The SMILES string of the molecule is CC1(c2nc(-c3ccco3)no2)CCNCC1. The van der Waals surface area contributed by atoms with Gasteiger partial charge in [0.05, 0.1) is 6.26 Å². The molecule has 0 aliphatic carbocycles. The Bertz CT molecular complexity index is 484. The molecule has 0 bridgehead atoms. The van der Waals surface area contributed by atoms with E-state index in [9.17, 15) is 0 Å². The molecule has 5 heteroatoms. The van der Waals surface area contributed by atoms with Crippen molar-refractivity contribution < 1.29 is 8.94 Å². The van der Waals surface area contributed by atoms with E-state index in [1.165, 1.54) is 0 Å². The molecule has 2 aromatic rings. The summed E-state index contributed by atoms with van der Waals surface area (Å²) in [6.45, 7) is 4.16. The van der Waals surface area contributed by atoms with Crippen LogP contribution in [0.4, 0.5) is 0 Å². The summed E-state index contributed by atoms with van der Waals surface area (Å²) >= 11 is 0. The highest BCUT2D eigenvalue weighted by Gasteiger charge is 2.34. The second kappa shape index (κ2) is 4.00. The minimum Gasteiger partial charge on any atom is -0.461 e.